The van der Waals surface area contributed by atoms with Gasteiger partial charge in [0.05, 0.1) is 13.7 Å². The van der Waals surface area contributed by atoms with Gasteiger partial charge < -0.3 is 25.0 Å². The molecule has 0 aromatic heterocycles. The minimum absolute atomic E-state index is 0.453. The summed E-state index contributed by atoms with van der Waals surface area (Å²) in [5, 5.41) is 6.92. The molecule has 1 aromatic carbocycles. The first kappa shape index (κ1) is 20.0. The van der Waals surface area contributed by atoms with Crippen molar-refractivity contribution in [1.82, 2.24) is 15.5 Å². The van der Waals surface area contributed by atoms with Crippen LogP contribution in [0.1, 0.15) is 18.4 Å². The third-order valence-electron chi connectivity index (χ3n) is 4.45. The third kappa shape index (κ3) is 6.49. The minimum Gasteiger partial charge on any atom is -0.496 e. The van der Waals surface area contributed by atoms with Gasteiger partial charge in [0.2, 0.25) is 0 Å². The normalized spacial score (nSPS) is 16.7. The second-order valence-electron chi connectivity index (χ2n) is 6.13. The predicted octanol–water partition coefficient (Wildman–Crippen LogP) is 2.23. The lowest BCUT2D eigenvalue weighted by Crippen LogP contribution is -2.48. The second kappa shape index (κ2) is 10.6. The molecule has 7 heteroatoms. The van der Waals surface area contributed by atoms with Crippen LogP contribution in [0.2, 0.25) is 0 Å². The lowest BCUT2D eigenvalue weighted by Gasteiger charge is -2.32. The van der Waals surface area contributed by atoms with Gasteiger partial charge >= 0.3 is 0 Å². The molecule has 2 rings (SSSR count). The molecule has 0 bridgehead atoms. The molecule has 140 valence electrons. The Bertz CT molecular complexity index is 560. The zero-order valence-corrected chi connectivity index (χ0v) is 16.9. The zero-order chi connectivity index (χ0) is 18.1. The number of halogens is 1. The van der Waals surface area contributed by atoms with E-state index in [2.05, 4.69) is 42.5 Å². The highest BCUT2D eigenvalue weighted by atomic mass is 79.9. The monoisotopic (exact) mass is 412 g/mol. The number of aliphatic imine (C=N–C) groups is 1. The van der Waals surface area contributed by atoms with E-state index >= 15 is 0 Å². The number of nitrogens with zero attached hydrogens (tertiary/aromatic N) is 2. The van der Waals surface area contributed by atoms with E-state index in [1.807, 2.05) is 12.1 Å². The highest BCUT2D eigenvalue weighted by Crippen LogP contribution is 2.22. The molecule has 1 heterocycles. The van der Waals surface area contributed by atoms with Gasteiger partial charge in [-0.1, -0.05) is 15.9 Å². The summed E-state index contributed by atoms with van der Waals surface area (Å²) in [5.74, 6) is 1.70. The van der Waals surface area contributed by atoms with Crippen LogP contribution in [0.3, 0.4) is 0 Å². The maximum atomic E-state index is 5.42. The number of ether oxygens (including phenoxy) is 2. The first-order valence-corrected chi connectivity index (χ1v) is 9.46. The average molecular weight is 413 g/mol. The molecule has 1 aliphatic heterocycles. The van der Waals surface area contributed by atoms with E-state index in [4.69, 9.17) is 9.47 Å². The summed E-state index contributed by atoms with van der Waals surface area (Å²) in [6, 6.07) is 6.46. The molecule has 1 fully saturated rings. The summed E-state index contributed by atoms with van der Waals surface area (Å²) in [6.07, 6.45) is 2.23. The molecule has 2 N–H and O–H groups in total. The molecule has 0 radical (unpaired) electrons. The molecule has 6 nitrogen and oxygen atoms in total. The van der Waals surface area contributed by atoms with Crippen LogP contribution in [0.5, 0.6) is 5.75 Å². The van der Waals surface area contributed by atoms with E-state index in [1.165, 1.54) is 0 Å². The molecule has 0 aliphatic carbocycles. The van der Waals surface area contributed by atoms with Gasteiger partial charge in [-0.05, 0) is 31.0 Å². The molecule has 0 atom stereocenters. The fourth-order valence-electron chi connectivity index (χ4n) is 2.97. The molecular weight excluding hydrogens is 384 g/mol. The van der Waals surface area contributed by atoms with Gasteiger partial charge in [-0.15, -0.1) is 0 Å². The summed E-state index contributed by atoms with van der Waals surface area (Å²) in [6.45, 7) is 4.67. The van der Waals surface area contributed by atoms with Gasteiger partial charge in [0.25, 0.3) is 0 Å². The Morgan fingerprint density at radius 1 is 1.32 bits per heavy atom. The first-order valence-electron chi connectivity index (χ1n) is 8.67. The number of guanidine groups is 1. The number of rotatable bonds is 7. The topological polar surface area (TPSA) is 58.1 Å². The Hall–Kier alpha value is -1.31. The molecule has 0 unspecified atom stereocenters. The van der Waals surface area contributed by atoms with Crippen LogP contribution >= 0.6 is 15.9 Å². The summed E-state index contributed by atoms with van der Waals surface area (Å²) in [5.41, 5.74) is 1.09. The van der Waals surface area contributed by atoms with E-state index < -0.39 is 0 Å². The van der Waals surface area contributed by atoms with E-state index in [9.17, 15) is 0 Å². The lowest BCUT2D eigenvalue weighted by atomic mass is 10.1. The second-order valence-corrected chi connectivity index (χ2v) is 7.05. The number of hydrogen-bond acceptors (Lipinski definition) is 4. The van der Waals surface area contributed by atoms with Crippen LogP contribution in [0.15, 0.2) is 27.7 Å². The largest absolute Gasteiger partial charge is 0.496 e. The van der Waals surface area contributed by atoms with Crippen molar-refractivity contribution in [3.05, 3.63) is 28.2 Å². The van der Waals surface area contributed by atoms with Crippen LogP contribution in [0, 0.1) is 0 Å². The van der Waals surface area contributed by atoms with E-state index in [0.717, 1.165) is 60.8 Å². The lowest BCUT2D eigenvalue weighted by molar-refractivity contribution is 0.128. The maximum absolute atomic E-state index is 5.42. The van der Waals surface area contributed by atoms with Crippen molar-refractivity contribution in [1.29, 1.82) is 0 Å². The van der Waals surface area contributed by atoms with Crippen molar-refractivity contribution >= 4 is 21.9 Å². The van der Waals surface area contributed by atoms with Crippen molar-refractivity contribution < 1.29 is 9.47 Å². The van der Waals surface area contributed by atoms with Crippen molar-refractivity contribution in [2.45, 2.75) is 25.4 Å². The van der Waals surface area contributed by atoms with Crippen LogP contribution in [0.4, 0.5) is 0 Å². The molecule has 0 amide bonds. The van der Waals surface area contributed by atoms with Crippen molar-refractivity contribution in [3.63, 3.8) is 0 Å². The van der Waals surface area contributed by atoms with Crippen molar-refractivity contribution in [2.75, 3.05) is 47.5 Å². The van der Waals surface area contributed by atoms with E-state index in [0.29, 0.717) is 12.6 Å². The third-order valence-corrected chi connectivity index (χ3v) is 4.95. The molecule has 1 aromatic rings. The Morgan fingerprint density at radius 3 is 2.72 bits per heavy atom. The summed E-state index contributed by atoms with van der Waals surface area (Å²) < 4.78 is 11.6. The molecule has 0 spiro atoms. The molecule has 25 heavy (non-hydrogen) atoms. The van der Waals surface area contributed by atoms with E-state index in [1.54, 1.807) is 21.3 Å². The van der Waals surface area contributed by atoms with Gasteiger partial charge in [0.1, 0.15) is 5.75 Å². The number of likely N-dealkylation sites (tertiary alicyclic amines) is 1. The quantitative estimate of drug-likeness (QED) is 0.531. The van der Waals surface area contributed by atoms with Gasteiger partial charge in [0.15, 0.2) is 5.96 Å². The summed E-state index contributed by atoms with van der Waals surface area (Å²) in [7, 11) is 5.25. The Kier molecular flexibility index (Phi) is 8.51. The van der Waals surface area contributed by atoms with Crippen LogP contribution in [-0.2, 0) is 11.3 Å². The highest BCUT2D eigenvalue weighted by molar-refractivity contribution is 9.10. The highest BCUT2D eigenvalue weighted by Gasteiger charge is 2.19. The molecular formula is C18H29BrN4O2. The molecule has 1 saturated heterocycles. The molecule has 0 saturated carbocycles. The Balaban J connectivity index is 1.81. The number of piperidine rings is 1. The van der Waals surface area contributed by atoms with Gasteiger partial charge in [-0.3, -0.25) is 4.99 Å². The molecule has 1 aliphatic rings. The fourth-order valence-corrected chi connectivity index (χ4v) is 3.38. The van der Waals surface area contributed by atoms with Gasteiger partial charge in [-0.25, -0.2) is 0 Å². The average Bonchev–Trinajstić information content (AvgIpc) is 2.64. The van der Waals surface area contributed by atoms with Gasteiger partial charge in [0, 0.05) is 56.4 Å². The van der Waals surface area contributed by atoms with Crippen LogP contribution in [0.25, 0.3) is 0 Å². The Labute approximate surface area is 159 Å². The first-order chi connectivity index (χ1) is 12.2. The van der Waals surface area contributed by atoms with Crippen molar-refractivity contribution in [2.24, 2.45) is 4.99 Å². The predicted molar refractivity (Wildman–Crippen MR) is 105 cm³/mol. The number of nitrogens with one attached hydrogen (secondary N) is 2. The number of hydrogen-bond donors (Lipinski definition) is 2. The number of benzene rings is 1. The minimum atomic E-state index is 0.453. The van der Waals surface area contributed by atoms with Crippen LogP contribution < -0.4 is 15.4 Å². The summed E-state index contributed by atoms with van der Waals surface area (Å²) in [4.78, 5) is 6.80. The maximum Gasteiger partial charge on any atom is 0.191 e. The summed E-state index contributed by atoms with van der Waals surface area (Å²) >= 11 is 3.51. The van der Waals surface area contributed by atoms with E-state index in [-0.39, 0.29) is 0 Å². The van der Waals surface area contributed by atoms with Crippen molar-refractivity contribution in [3.8, 4) is 5.75 Å². The standard InChI is InChI=1S/C18H29BrN4O2/c1-20-18(21-13-14-12-15(19)4-5-17(14)25-3)22-16-6-8-23(9-7-16)10-11-24-2/h4-5,12,16H,6-11,13H2,1-3H3,(H2,20,21,22). The van der Waals surface area contributed by atoms with Crippen LogP contribution in [-0.4, -0.2) is 64.4 Å². The van der Waals surface area contributed by atoms with Gasteiger partial charge in [-0.2, -0.15) is 0 Å². The Morgan fingerprint density at radius 2 is 2.08 bits per heavy atom. The fraction of sp³-hybridized carbons (Fsp3) is 0.611. The smallest absolute Gasteiger partial charge is 0.191 e. The zero-order valence-electron chi connectivity index (χ0n) is 15.3. The SMILES string of the molecule is CN=C(NCc1cc(Br)ccc1OC)NC1CCN(CCOC)CC1. The number of methoxy groups -OCH3 is 2.